The first-order chi connectivity index (χ1) is 17.5. The van der Waals surface area contributed by atoms with Crippen molar-refractivity contribution in [2.24, 2.45) is 0 Å². The van der Waals surface area contributed by atoms with Gasteiger partial charge in [0.15, 0.2) is 0 Å². The van der Waals surface area contributed by atoms with Crippen molar-refractivity contribution in [2.75, 3.05) is 31.2 Å². The molecule has 0 aliphatic carbocycles. The summed E-state index contributed by atoms with van der Waals surface area (Å²) < 4.78 is 5.57. The minimum absolute atomic E-state index is 0.196. The molecule has 0 spiro atoms. The molecule has 1 amide bonds. The summed E-state index contributed by atoms with van der Waals surface area (Å²) in [5.41, 5.74) is 9.44. The van der Waals surface area contributed by atoms with Crippen LogP contribution in [-0.4, -0.2) is 52.8 Å². The molecule has 1 saturated heterocycles. The van der Waals surface area contributed by atoms with E-state index >= 15 is 0 Å². The summed E-state index contributed by atoms with van der Waals surface area (Å²) in [5, 5.41) is 18.1. The molecule has 0 radical (unpaired) electrons. The number of H-pyrrole nitrogens is 1. The van der Waals surface area contributed by atoms with Crippen molar-refractivity contribution in [3.05, 3.63) is 71.7 Å². The average Bonchev–Trinajstić information content (AvgIpc) is 3.38. The number of aromatic amines is 1. The number of hydrogen-bond acceptors (Lipinski definition) is 7. The van der Waals surface area contributed by atoms with Crippen LogP contribution in [-0.2, 0) is 0 Å². The number of ether oxygens (including phenoxy) is 1. The number of nitrogens with two attached hydrogens (primary N) is 2. The number of amides is 1. The summed E-state index contributed by atoms with van der Waals surface area (Å²) in [4.78, 5) is 24.7. The number of quaternary nitrogens is 1. The van der Waals surface area contributed by atoms with Crippen LogP contribution in [0, 0.1) is 5.41 Å². The van der Waals surface area contributed by atoms with E-state index in [1.54, 1.807) is 30.5 Å². The predicted octanol–water partition coefficient (Wildman–Crippen LogP) is 2.16. The van der Waals surface area contributed by atoms with Crippen LogP contribution in [0.1, 0.15) is 34.3 Å². The van der Waals surface area contributed by atoms with E-state index < -0.39 is 0 Å². The van der Waals surface area contributed by atoms with Crippen LogP contribution in [0.25, 0.3) is 10.9 Å². The average molecular weight is 486 g/mol. The van der Waals surface area contributed by atoms with E-state index in [9.17, 15) is 4.79 Å². The minimum atomic E-state index is -0.249. The highest BCUT2D eigenvalue weighted by Gasteiger charge is 2.25. The van der Waals surface area contributed by atoms with Crippen molar-refractivity contribution in [3.63, 3.8) is 0 Å². The molecule has 0 saturated carbocycles. The summed E-state index contributed by atoms with van der Waals surface area (Å²) in [6, 6.07) is 13.0. The first-order valence-corrected chi connectivity index (χ1v) is 11.9. The topological polar surface area (TPSA) is 158 Å². The molecular formula is C26H29N8O2+. The molecule has 0 atom stereocenters. The van der Waals surface area contributed by atoms with Crippen LogP contribution in [0.5, 0.6) is 5.75 Å². The van der Waals surface area contributed by atoms with Gasteiger partial charge in [-0.1, -0.05) is 12.1 Å². The Bertz CT molecular complexity index is 1420. The lowest BCUT2D eigenvalue weighted by Gasteiger charge is -2.21. The molecule has 1 aliphatic rings. The van der Waals surface area contributed by atoms with E-state index in [1.165, 1.54) is 13.4 Å². The number of carbonyl (C=O) groups excluding carboxylic acids is 1. The fourth-order valence-electron chi connectivity index (χ4n) is 4.60. The van der Waals surface area contributed by atoms with Crippen molar-refractivity contribution < 1.29 is 14.8 Å². The fraction of sp³-hybridized carbons (Fsp3) is 0.231. The largest absolute Gasteiger partial charge is 0.495 e. The molecule has 3 heterocycles. The zero-order valence-corrected chi connectivity index (χ0v) is 20.0. The molecule has 2 aromatic heterocycles. The maximum atomic E-state index is 13.0. The summed E-state index contributed by atoms with van der Waals surface area (Å²) in [6.45, 7) is 1.91. The van der Waals surface area contributed by atoms with Crippen LogP contribution in [0.3, 0.4) is 0 Å². The number of piperidine rings is 1. The van der Waals surface area contributed by atoms with Crippen molar-refractivity contribution in [3.8, 4) is 5.75 Å². The molecule has 8 N–H and O–H groups in total. The lowest BCUT2D eigenvalue weighted by molar-refractivity contribution is -0.616. The Morgan fingerprint density at radius 3 is 2.83 bits per heavy atom. The third-order valence-electron chi connectivity index (χ3n) is 6.51. The standard InChI is InChI=1S/C26H28N8O2/c1-36-21-13-15(5-6-20(21)34-26(35)18-3-2-4-19-17(18)9-12-30-19)23(27)22-24(28)31-14-32-25(22)33-16-7-10-29-11-8-16/h2-6,9,12-14,16,27,29-30H,7-8,10-11H2,1H3,(H,34,35)(H3,28,31,32,33)/p+1. The van der Waals surface area contributed by atoms with Gasteiger partial charge in [-0.05, 0) is 30.3 Å². The number of aromatic nitrogens is 3. The van der Waals surface area contributed by atoms with Gasteiger partial charge in [0.25, 0.3) is 5.91 Å². The van der Waals surface area contributed by atoms with E-state index in [2.05, 4.69) is 30.9 Å². The second kappa shape index (κ2) is 10.1. The number of nitrogen functional groups attached to an aromatic ring is 1. The van der Waals surface area contributed by atoms with Crippen molar-refractivity contribution in [1.82, 2.24) is 20.3 Å². The van der Waals surface area contributed by atoms with Gasteiger partial charge in [-0.25, -0.2) is 4.98 Å². The maximum Gasteiger partial charge on any atom is 0.256 e. The van der Waals surface area contributed by atoms with Gasteiger partial charge in [-0.2, -0.15) is 4.98 Å². The van der Waals surface area contributed by atoms with Crippen LogP contribution < -0.4 is 26.4 Å². The fourth-order valence-corrected chi connectivity index (χ4v) is 4.60. The molecule has 5 rings (SSSR count). The molecule has 184 valence electrons. The number of anilines is 2. The van der Waals surface area contributed by atoms with Gasteiger partial charge in [0.2, 0.25) is 5.82 Å². The SMILES string of the molecule is COc1cc(C(=N)c2c(N)ncnc2[NH2+]C2CCNCC2)ccc1NC(=O)c1cccc2[nH]ccc12. The van der Waals surface area contributed by atoms with E-state index in [0.717, 1.165) is 36.8 Å². The molecule has 10 nitrogen and oxygen atoms in total. The first kappa shape index (κ1) is 23.5. The molecule has 36 heavy (non-hydrogen) atoms. The minimum Gasteiger partial charge on any atom is -0.495 e. The maximum absolute atomic E-state index is 13.0. The number of benzene rings is 2. The summed E-state index contributed by atoms with van der Waals surface area (Å²) in [6.07, 6.45) is 5.26. The summed E-state index contributed by atoms with van der Waals surface area (Å²) in [7, 11) is 1.53. The molecular weight excluding hydrogens is 456 g/mol. The Morgan fingerprint density at radius 2 is 2.03 bits per heavy atom. The zero-order chi connectivity index (χ0) is 25.1. The third-order valence-corrected chi connectivity index (χ3v) is 6.51. The smallest absolute Gasteiger partial charge is 0.256 e. The van der Waals surface area contributed by atoms with Gasteiger partial charge in [-0.15, -0.1) is 0 Å². The molecule has 0 bridgehead atoms. The normalized spacial score (nSPS) is 14.0. The molecule has 1 aliphatic heterocycles. The Hall–Kier alpha value is -4.28. The highest BCUT2D eigenvalue weighted by molar-refractivity contribution is 6.16. The highest BCUT2D eigenvalue weighted by Crippen LogP contribution is 2.29. The van der Waals surface area contributed by atoms with Crippen LogP contribution in [0.2, 0.25) is 0 Å². The number of nitrogens with zero attached hydrogens (tertiary/aromatic N) is 2. The first-order valence-electron chi connectivity index (χ1n) is 11.9. The number of hydrogen-bond donors (Lipinski definition) is 6. The van der Waals surface area contributed by atoms with Crippen molar-refractivity contribution >= 4 is 39.8 Å². The number of carbonyl (C=O) groups is 1. The van der Waals surface area contributed by atoms with E-state index in [0.29, 0.717) is 40.0 Å². The van der Waals surface area contributed by atoms with Gasteiger partial charge in [0.1, 0.15) is 23.5 Å². The molecule has 4 aromatic rings. The zero-order valence-electron chi connectivity index (χ0n) is 20.0. The Labute approximate surface area is 208 Å². The van der Waals surface area contributed by atoms with Gasteiger partial charge < -0.3 is 26.1 Å². The number of nitrogens with one attached hydrogen (secondary N) is 4. The Balaban J connectivity index is 1.41. The summed E-state index contributed by atoms with van der Waals surface area (Å²) in [5.74, 6) is 1.11. The van der Waals surface area contributed by atoms with Gasteiger partial charge in [0.05, 0.1) is 24.6 Å². The molecule has 0 unspecified atom stereocenters. The van der Waals surface area contributed by atoms with Crippen molar-refractivity contribution in [1.29, 1.82) is 5.41 Å². The van der Waals surface area contributed by atoms with E-state index in [1.807, 2.05) is 18.2 Å². The van der Waals surface area contributed by atoms with Crippen molar-refractivity contribution in [2.45, 2.75) is 18.9 Å². The third kappa shape index (κ3) is 4.64. The molecule has 2 aromatic carbocycles. The molecule has 10 heteroatoms. The quantitative estimate of drug-likeness (QED) is 0.220. The van der Waals surface area contributed by atoms with Gasteiger partial charge >= 0.3 is 0 Å². The second-order valence-corrected chi connectivity index (χ2v) is 8.76. The van der Waals surface area contributed by atoms with Crippen LogP contribution in [0.4, 0.5) is 17.3 Å². The number of methoxy groups -OCH3 is 1. The lowest BCUT2D eigenvalue weighted by Crippen LogP contribution is -2.86. The van der Waals surface area contributed by atoms with Gasteiger partial charge in [-0.3, -0.25) is 15.5 Å². The highest BCUT2D eigenvalue weighted by atomic mass is 16.5. The van der Waals surface area contributed by atoms with Crippen LogP contribution >= 0.6 is 0 Å². The molecule has 1 fully saturated rings. The lowest BCUT2D eigenvalue weighted by atomic mass is 10.0. The van der Waals surface area contributed by atoms with E-state index in [-0.39, 0.29) is 17.4 Å². The van der Waals surface area contributed by atoms with Gasteiger partial charge in [0, 0.05) is 54.2 Å². The van der Waals surface area contributed by atoms with Crippen LogP contribution in [0.15, 0.2) is 55.0 Å². The number of rotatable bonds is 7. The summed E-state index contributed by atoms with van der Waals surface area (Å²) >= 11 is 0. The van der Waals surface area contributed by atoms with E-state index in [4.69, 9.17) is 15.9 Å². The monoisotopic (exact) mass is 485 g/mol. The predicted molar refractivity (Wildman–Crippen MR) is 139 cm³/mol. The Kier molecular flexibility index (Phi) is 6.61. The Morgan fingerprint density at radius 1 is 1.19 bits per heavy atom. The number of fused-ring (bicyclic) bond motifs is 1. The second-order valence-electron chi connectivity index (χ2n) is 8.76.